The van der Waals surface area contributed by atoms with Gasteiger partial charge in [0.25, 0.3) is 0 Å². The summed E-state index contributed by atoms with van der Waals surface area (Å²) in [7, 11) is 0. The molecule has 0 aliphatic rings. The Morgan fingerprint density at radius 1 is 1.00 bits per heavy atom. The molecule has 0 bridgehead atoms. The van der Waals surface area contributed by atoms with Crippen molar-refractivity contribution in [3.63, 3.8) is 0 Å². The SMILES string of the molecule is CC(=O)c1cccc2c(=O)c3ccccc3sc12. The van der Waals surface area contributed by atoms with Crippen molar-refractivity contribution in [3.8, 4) is 0 Å². The monoisotopic (exact) mass is 254 g/mol. The minimum atomic E-state index is -0.00784. The Morgan fingerprint density at radius 3 is 2.50 bits per heavy atom. The second-order valence-electron chi connectivity index (χ2n) is 4.17. The first-order chi connectivity index (χ1) is 8.68. The van der Waals surface area contributed by atoms with Gasteiger partial charge in [-0.1, -0.05) is 18.2 Å². The fraction of sp³-hybridized carbons (Fsp3) is 0.0667. The van der Waals surface area contributed by atoms with Crippen molar-refractivity contribution in [2.75, 3.05) is 0 Å². The van der Waals surface area contributed by atoms with Crippen LogP contribution in [-0.2, 0) is 0 Å². The predicted molar refractivity (Wildman–Crippen MR) is 75.6 cm³/mol. The maximum absolute atomic E-state index is 12.4. The maximum Gasteiger partial charge on any atom is 0.195 e. The lowest BCUT2D eigenvalue weighted by molar-refractivity contribution is 0.101. The van der Waals surface area contributed by atoms with E-state index in [-0.39, 0.29) is 11.2 Å². The fourth-order valence-corrected chi connectivity index (χ4v) is 3.33. The number of carbonyl (C=O) groups excluding carboxylic acids is 1. The zero-order chi connectivity index (χ0) is 12.7. The van der Waals surface area contributed by atoms with Crippen molar-refractivity contribution in [1.82, 2.24) is 0 Å². The van der Waals surface area contributed by atoms with E-state index in [1.165, 1.54) is 18.3 Å². The van der Waals surface area contributed by atoms with Crippen LogP contribution in [0.4, 0.5) is 0 Å². The molecular formula is C15H10O2S. The molecule has 3 rings (SSSR count). The van der Waals surface area contributed by atoms with Gasteiger partial charge in [0.2, 0.25) is 0 Å². The summed E-state index contributed by atoms with van der Waals surface area (Å²) >= 11 is 1.50. The molecule has 2 nitrogen and oxygen atoms in total. The summed E-state index contributed by atoms with van der Waals surface area (Å²) in [5, 5.41) is 1.35. The van der Waals surface area contributed by atoms with E-state index in [0.717, 1.165) is 14.8 Å². The third kappa shape index (κ3) is 1.56. The highest BCUT2D eigenvalue weighted by Crippen LogP contribution is 2.27. The quantitative estimate of drug-likeness (QED) is 0.491. The first-order valence-corrected chi connectivity index (χ1v) is 6.45. The molecule has 0 atom stereocenters. The van der Waals surface area contributed by atoms with Gasteiger partial charge in [-0.25, -0.2) is 0 Å². The first-order valence-electron chi connectivity index (χ1n) is 5.64. The van der Waals surface area contributed by atoms with Crippen molar-refractivity contribution in [2.24, 2.45) is 0 Å². The average molecular weight is 254 g/mol. The molecular weight excluding hydrogens is 244 g/mol. The summed E-state index contributed by atoms with van der Waals surface area (Å²) in [6.45, 7) is 1.53. The van der Waals surface area contributed by atoms with Gasteiger partial charge in [0.1, 0.15) is 0 Å². The summed E-state index contributed by atoms with van der Waals surface area (Å²) in [6, 6.07) is 12.8. The summed E-state index contributed by atoms with van der Waals surface area (Å²) < 4.78 is 1.71. The Hall–Kier alpha value is -2.00. The molecule has 0 amide bonds. The van der Waals surface area contributed by atoms with E-state index in [1.807, 2.05) is 24.3 Å². The normalized spacial score (nSPS) is 10.9. The zero-order valence-electron chi connectivity index (χ0n) is 9.77. The smallest absolute Gasteiger partial charge is 0.195 e. The summed E-state index contributed by atoms with van der Waals surface area (Å²) in [5.74, 6) is -0.00784. The van der Waals surface area contributed by atoms with Gasteiger partial charge in [0, 0.05) is 25.7 Å². The van der Waals surface area contributed by atoms with Crippen LogP contribution in [0.3, 0.4) is 0 Å². The van der Waals surface area contributed by atoms with Crippen molar-refractivity contribution in [2.45, 2.75) is 6.92 Å². The van der Waals surface area contributed by atoms with Crippen LogP contribution in [0.1, 0.15) is 17.3 Å². The van der Waals surface area contributed by atoms with Gasteiger partial charge in [-0.3, -0.25) is 9.59 Å². The molecule has 0 saturated heterocycles. The Labute approximate surface area is 107 Å². The van der Waals surface area contributed by atoms with E-state index in [2.05, 4.69) is 0 Å². The summed E-state index contributed by atoms with van der Waals surface area (Å²) in [6.07, 6.45) is 0. The lowest BCUT2D eigenvalue weighted by atomic mass is 10.1. The molecule has 0 aliphatic heterocycles. The fourth-order valence-electron chi connectivity index (χ4n) is 2.10. The van der Waals surface area contributed by atoms with Crippen LogP contribution >= 0.6 is 11.3 Å². The molecule has 3 aromatic rings. The average Bonchev–Trinajstić information content (AvgIpc) is 2.38. The van der Waals surface area contributed by atoms with E-state index in [0.29, 0.717) is 10.9 Å². The Kier molecular flexibility index (Phi) is 2.49. The number of carbonyl (C=O) groups is 1. The van der Waals surface area contributed by atoms with Gasteiger partial charge in [-0.15, -0.1) is 11.3 Å². The molecule has 0 unspecified atom stereocenters. The molecule has 3 heteroatoms. The second-order valence-corrected chi connectivity index (χ2v) is 5.22. The molecule has 0 aliphatic carbocycles. The van der Waals surface area contributed by atoms with Crippen molar-refractivity contribution in [3.05, 3.63) is 58.3 Å². The maximum atomic E-state index is 12.4. The zero-order valence-corrected chi connectivity index (χ0v) is 10.6. The van der Waals surface area contributed by atoms with Crippen molar-refractivity contribution < 1.29 is 4.79 Å². The molecule has 18 heavy (non-hydrogen) atoms. The molecule has 0 saturated carbocycles. The van der Waals surface area contributed by atoms with Gasteiger partial charge < -0.3 is 0 Å². The van der Waals surface area contributed by atoms with E-state index < -0.39 is 0 Å². The second kappa shape index (κ2) is 4.03. The molecule has 1 heterocycles. The van der Waals surface area contributed by atoms with E-state index in [1.54, 1.807) is 18.2 Å². The van der Waals surface area contributed by atoms with Crippen LogP contribution in [0, 0.1) is 0 Å². The lowest BCUT2D eigenvalue weighted by Gasteiger charge is -2.04. The van der Waals surface area contributed by atoms with Crippen LogP contribution in [0.5, 0.6) is 0 Å². The lowest BCUT2D eigenvalue weighted by Crippen LogP contribution is -2.03. The molecule has 2 aromatic carbocycles. The molecule has 0 fully saturated rings. The molecule has 0 N–H and O–H groups in total. The number of rotatable bonds is 1. The highest BCUT2D eigenvalue weighted by molar-refractivity contribution is 7.24. The minimum Gasteiger partial charge on any atom is -0.294 e. The van der Waals surface area contributed by atoms with Crippen LogP contribution in [0.2, 0.25) is 0 Å². The van der Waals surface area contributed by atoms with Gasteiger partial charge in [-0.05, 0) is 31.2 Å². The standard InChI is InChI=1S/C15H10O2S/c1-9(16)10-6-4-7-12-14(17)11-5-2-3-8-13(11)18-15(10)12/h2-8H,1H3. The minimum absolute atomic E-state index is 0.00227. The largest absolute Gasteiger partial charge is 0.294 e. The number of hydrogen-bond donors (Lipinski definition) is 0. The summed E-state index contributed by atoms with van der Waals surface area (Å²) in [5.41, 5.74) is 0.628. The van der Waals surface area contributed by atoms with Crippen LogP contribution in [0.15, 0.2) is 47.3 Å². The third-order valence-electron chi connectivity index (χ3n) is 2.98. The van der Waals surface area contributed by atoms with Crippen molar-refractivity contribution >= 4 is 37.3 Å². The van der Waals surface area contributed by atoms with E-state index in [9.17, 15) is 9.59 Å². The number of fused-ring (bicyclic) bond motifs is 2. The van der Waals surface area contributed by atoms with Gasteiger partial charge >= 0.3 is 0 Å². The molecule has 0 spiro atoms. The highest BCUT2D eigenvalue weighted by Gasteiger charge is 2.10. The van der Waals surface area contributed by atoms with Gasteiger partial charge in [-0.2, -0.15) is 0 Å². The Balaban J connectivity index is 2.60. The predicted octanol–water partition coefficient (Wildman–Crippen LogP) is 3.62. The number of ketones is 1. The molecule has 0 radical (unpaired) electrons. The number of Topliss-reactive ketones (excluding diaryl/α,β-unsaturated/α-hetero) is 1. The van der Waals surface area contributed by atoms with Gasteiger partial charge in [0.05, 0.1) is 0 Å². The molecule has 1 aromatic heterocycles. The highest BCUT2D eigenvalue weighted by atomic mass is 32.1. The van der Waals surface area contributed by atoms with E-state index in [4.69, 9.17) is 0 Å². The summed E-state index contributed by atoms with van der Waals surface area (Å²) in [4.78, 5) is 24.0. The number of hydrogen-bond acceptors (Lipinski definition) is 3. The van der Waals surface area contributed by atoms with Crippen LogP contribution in [0.25, 0.3) is 20.2 Å². The van der Waals surface area contributed by atoms with Crippen LogP contribution < -0.4 is 5.43 Å². The first kappa shape index (κ1) is 11.1. The van der Waals surface area contributed by atoms with Crippen molar-refractivity contribution in [1.29, 1.82) is 0 Å². The Bertz CT molecular complexity index is 831. The topological polar surface area (TPSA) is 34.1 Å². The van der Waals surface area contributed by atoms with E-state index >= 15 is 0 Å². The third-order valence-corrected chi connectivity index (χ3v) is 4.20. The van der Waals surface area contributed by atoms with Crippen LogP contribution in [-0.4, -0.2) is 5.78 Å². The Morgan fingerprint density at radius 2 is 1.72 bits per heavy atom. The molecule has 88 valence electrons. The van der Waals surface area contributed by atoms with Gasteiger partial charge in [0.15, 0.2) is 11.2 Å². The number of benzene rings is 2.